The summed E-state index contributed by atoms with van der Waals surface area (Å²) < 4.78 is 11.8. The monoisotopic (exact) mass is 308 g/mol. The summed E-state index contributed by atoms with van der Waals surface area (Å²) in [5, 5.41) is 0. The highest BCUT2D eigenvalue weighted by Crippen LogP contribution is 2.34. The number of benzene rings is 2. The molecular weight excluding hydrogens is 288 g/mol. The van der Waals surface area contributed by atoms with Crippen molar-refractivity contribution in [2.75, 3.05) is 27.2 Å². The first-order valence-electron chi connectivity index (χ1n) is 7.62. The lowest BCUT2D eigenvalue weighted by molar-refractivity contribution is 0.242. The molecule has 0 amide bonds. The van der Waals surface area contributed by atoms with Gasteiger partial charge in [-0.3, -0.25) is 0 Å². The van der Waals surface area contributed by atoms with E-state index in [9.17, 15) is 0 Å². The molecule has 1 aliphatic rings. The van der Waals surface area contributed by atoms with Crippen LogP contribution >= 0.6 is 0 Å². The fourth-order valence-electron chi connectivity index (χ4n) is 2.18. The lowest BCUT2D eigenvalue weighted by Crippen LogP contribution is -2.23. The molecule has 0 saturated carbocycles. The molecule has 0 unspecified atom stereocenters. The van der Waals surface area contributed by atoms with Crippen molar-refractivity contribution in [1.82, 2.24) is 4.90 Å². The Hall–Kier alpha value is -2.59. The summed E-state index contributed by atoms with van der Waals surface area (Å²) in [6, 6.07) is 17.7. The quantitative estimate of drug-likeness (QED) is 0.863. The van der Waals surface area contributed by atoms with Crippen LogP contribution in [0.2, 0.25) is 0 Å². The summed E-state index contributed by atoms with van der Waals surface area (Å²) in [5.74, 6) is 1.90. The number of hydrogen-bond donors (Lipinski definition) is 0. The van der Waals surface area contributed by atoms with E-state index in [0.717, 1.165) is 23.5 Å². The number of para-hydroxylation sites is 2. The molecule has 1 aliphatic heterocycles. The van der Waals surface area contributed by atoms with Crippen molar-refractivity contribution >= 4 is 17.7 Å². The highest BCUT2D eigenvalue weighted by Gasteiger charge is 2.20. The first kappa shape index (κ1) is 15.3. The average molecular weight is 308 g/mol. The van der Waals surface area contributed by atoms with Crippen LogP contribution in [0.1, 0.15) is 5.56 Å². The molecule has 0 aliphatic carbocycles. The third kappa shape index (κ3) is 3.99. The molecular formula is C19H20N2O2. The first-order valence-corrected chi connectivity index (χ1v) is 7.62. The van der Waals surface area contributed by atoms with Gasteiger partial charge < -0.3 is 14.4 Å². The van der Waals surface area contributed by atoms with Crippen LogP contribution < -0.4 is 4.74 Å². The number of nitrogens with zero attached hydrogens (tertiary/aromatic N) is 2. The predicted molar refractivity (Wildman–Crippen MR) is 93.1 cm³/mol. The third-order valence-corrected chi connectivity index (χ3v) is 3.39. The lowest BCUT2D eigenvalue weighted by Gasteiger charge is -2.20. The summed E-state index contributed by atoms with van der Waals surface area (Å²) in [5.41, 5.74) is 1.84. The number of hydrogen-bond acceptors (Lipinski definition) is 4. The molecule has 0 bridgehead atoms. The maximum Gasteiger partial charge on any atom is 0.258 e. The van der Waals surface area contributed by atoms with Gasteiger partial charge in [0, 0.05) is 6.54 Å². The molecule has 3 rings (SSSR count). The molecule has 4 heteroatoms. The van der Waals surface area contributed by atoms with Crippen LogP contribution in [0, 0.1) is 0 Å². The first-order chi connectivity index (χ1) is 11.2. The van der Waals surface area contributed by atoms with E-state index in [1.807, 2.05) is 74.8 Å². The predicted octanol–water partition coefficient (Wildman–Crippen LogP) is 3.73. The zero-order chi connectivity index (χ0) is 16.1. The second-order valence-electron chi connectivity index (χ2n) is 5.56. The van der Waals surface area contributed by atoms with Crippen molar-refractivity contribution in [1.29, 1.82) is 0 Å². The van der Waals surface area contributed by atoms with Crippen LogP contribution in [0.25, 0.3) is 6.08 Å². The molecule has 0 spiro atoms. The summed E-state index contributed by atoms with van der Waals surface area (Å²) >= 11 is 0. The van der Waals surface area contributed by atoms with E-state index in [0.29, 0.717) is 18.3 Å². The molecule has 1 heterocycles. The smallest absolute Gasteiger partial charge is 0.258 e. The van der Waals surface area contributed by atoms with E-state index in [2.05, 4.69) is 9.89 Å². The van der Waals surface area contributed by atoms with Crippen molar-refractivity contribution in [3.05, 3.63) is 65.9 Å². The van der Waals surface area contributed by atoms with Gasteiger partial charge in [0.05, 0.1) is 0 Å². The van der Waals surface area contributed by atoms with Crippen molar-refractivity contribution < 1.29 is 9.47 Å². The molecule has 0 radical (unpaired) electrons. The highest BCUT2D eigenvalue weighted by atomic mass is 16.5. The van der Waals surface area contributed by atoms with E-state index in [4.69, 9.17) is 9.47 Å². The van der Waals surface area contributed by atoms with E-state index < -0.39 is 0 Å². The zero-order valence-corrected chi connectivity index (χ0v) is 13.4. The fourth-order valence-corrected chi connectivity index (χ4v) is 2.18. The molecule has 2 aromatic rings. The van der Waals surface area contributed by atoms with Crippen LogP contribution in [-0.2, 0) is 4.74 Å². The van der Waals surface area contributed by atoms with Crippen molar-refractivity contribution in [3.8, 4) is 5.75 Å². The maximum absolute atomic E-state index is 6.00. The second-order valence-corrected chi connectivity index (χ2v) is 5.56. The minimum Gasteiger partial charge on any atom is -0.474 e. The summed E-state index contributed by atoms with van der Waals surface area (Å²) in [4.78, 5) is 6.67. The Morgan fingerprint density at radius 1 is 1.04 bits per heavy atom. The van der Waals surface area contributed by atoms with Gasteiger partial charge >= 0.3 is 0 Å². The molecule has 0 fully saturated rings. The molecule has 2 aromatic carbocycles. The van der Waals surface area contributed by atoms with Crippen molar-refractivity contribution in [2.24, 2.45) is 4.99 Å². The van der Waals surface area contributed by atoms with Crippen molar-refractivity contribution in [3.63, 3.8) is 0 Å². The molecule has 0 aromatic heterocycles. The minimum atomic E-state index is 0.523. The Balaban J connectivity index is 1.89. The Labute approximate surface area is 136 Å². The summed E-state index contributed by atoms with van der Waals surface area (Å²) in [7, 11) is 4.02. The van der Waals surface area contributed by atoms with Crippen LogP contribution in [0.15, 0.2) is 65.3 Å². The molecule has 0 N–H and O–H groups in total. The standard InChI is InChI=1S/C19H20N2O2/c1-21(2)12-13-22-19-18(14-15-8-4-3-5-9-15)23-17-11-7-6-10-16(17)20-19/h3-11,14H,12-13H2,1-2H3. The van der Waals surface area contributed by atoms with Gasteiger partial charge in [0.2, 0.25) is 0 Å². The van der Waals surface area contributed by atoms with Gasteiger partial charge in [-0.25, -0.2) is 4.99 Å². The second kappa shape index (κ2) is 7.11. The number of aliphatic imine (C=N–C) groups is 1. The highest BCUT2D eigenvalue weighted by molar-refractivity contribution is 5.99. The molecule has 4 nitrogen and oxygen atoms in total. The number of ether oxygens (including phenoxy) is 2. The topological polar surface area (TPSA) is 34.1 Å². The van der Waals surface area contributed by atoms with Gasteiger partial charge in [-0.05, 0) is 37.9 Å². The van der Waals surface area contributed by atoms with Gasteiger partial charge in [0.1, 0.15) is 12.3 Å². The molecule has 0 atom stereocenters. The third-order valence-electron chi connectivity index (χ3n) is 3.39. The number of fused-ring (bicyclic) bond motifs is 1. The van der Waals surface area contributed by atoms with Crippen LogP contribution in [0.3, 0.4) is 0 Å². The Bertz CT molecular complexity index is 721. The normalized spacial score (nSPS) is 15.1. The Morgan fingerprint density at radius 3 is 2.57 bits per heavy atom. The maximum atomic E-state index is 6.00. The van der Waals surface area contributed by atoms with E-state index >= 15 is 0 Å². The number of likely N-dealkylation sites (N-methyl/N-ethyl adjacent to an activating group) is 1. The van der Waals surface area contributed by atoms with Crippen LogP contribution in [-0.4, -0.2) is 38.0 Å². The molecule has 0 saturated heterocycles. The lowest BCUT2D eigenvalue weighted by atomic mass is 10.2. The van der Waals surface area contributed by atoms with Gasteiger partial charge in [-0.2, -0.15) is 0 Å². The van der Waals surface area contributed by atoms with Crippen molar-refractivity contribution in [2.45, 2.75) is 0 Å². The van der Waals surface area contributed by atoms with Crippen LogP contribution in [0.4, 0.5) is 5.69 Å². The van der Waals surface area contributed by atoms with Gasteiger partial charge in [0.15, 0.2) is 11.5 Å². The Kier molecular flexibility index (Phi) is 4.74. The van der Waals surface area contributed by atoms with E-state index in [1.165, 1.54) is 0 Å². The van der Waals surface area contributed by atoms with E-state index in [1.54, 1.807) is 0 Å². The average Bonchev–Trinajstić information content (AvgIpc) is 2.56. The zero-order valence-electron chi connectivity index (χ0n) is 13.4. The SMILES string of the molecule is CN(C)CCOC1=Nc2ccccc2OC1=Cc1ccccc1. The Morgan fingerprint density at radius 2 is 1.78 bits per heavy atom. The fraction of sp³-hybridized carbons (Fsp3) is 0.211. The molecule has 23 heavy (non-hydrogen) atoms. The minimum absolute atomic E-state index is 0.523. The number of rotatable bonds is 4. The summed E-state index contributed by atoms with van der Waals surface area (Å²) in [6.07, 6.45) is 1.95. The van der Waals surface area contributed by atoms with Gasteiger partial charge in [-0.1, -0.05) is 42.5 Å². The van der Waals surface area contributed by atoms with Gasteiger partial charge in [0.25, 0.3) is 5.90 Å². The largest absolute Gasteiger partial charge is 0.474 e. The summed E-state index contributed by atoms with van der Waals surface area (Å²) in [6.45, 7) is 1.38. The van der Waals surface area contributed by atoms with Crippen LogP contribution in [0.5, 0.6) is 5.75 Å². The van der Waals surface area contributed by atoms with E-state index in [-0.39, 0.29) is 0 Å². The van der Waals surface area contributed by atoms with Gasteiger partial charge in [-0.15, -0.1) is 0 Å². The molecule has 118 valence electrons.